The monoisotopic (exact) mass is 103 g/mol. The molecule has 0 saturated carbocycles. The maximum absolute atomic E-state index is 10.0. The molecule has 0 aromatic rings. The highest BCUT2D eigenvalue weighted by Gasteiger charge is 2.10. The number of rotatable bonds is 0. The fourth-order valence-electron chi connectivity index (χ4n) is 0.214. The number of hydrogen-bond donors (Lipinski definition) is 0. The Hall–Kier alpha value is -0.0200. The van der Waals surface area contributed by atoms with Crippen LogP contribution in [0.2, 0.25) is 0 Å². The van der Waals surface area contributed by atoms with Crippen LogP contribution in [0.15, 0.2) is 0 Å². The number of carbonyl (C=O) groups excluding carboxylic acids is 1. The van der Waals surface area contributed by atoms with Gasteiger partial charge in [0.25, 0.3) is 0 Å². The van der Waals surface area contributed by atoms with E-state index in [1.54, 1.807) is 0 Å². The molecule has 3 heteroatoms. The van der Waals surface area contributed by atoms with Gasteiger partial charge in [0.1, 0.15) is 12.4 Å². The van der Waals surface area contributed by atoms with Gasteiger partial charge in [-0.1, -0.05) is 0 Å². The average Bonchev–Trinajstić information content (AvgIpc) is 1.86. The van der Waals surface area contributed by atoms with Crippen molar-refractivity contribution in [2.75, 3.05) is 6.61 Å². The van der Waals surface area contributed by atoms with E-state index in [-0.39, 0.29) is 12.4 Å². The maximum atomic E-state index is 10.0. The zero-order valence-corrected chi connectivity index (χ0v) is 3.83. The van der Waals surface area contributed by atoms with Crippen LogP contribution in [0.4, 0.5) is 0 Å². The normalized spacial score (nSPS) is 22.3. The van der Waals surface area contributed by atoms with Crippen LogP contribution in [-0.4, -0.2) is 12.4 Å². The lowest BCUT2D eigenvalue weighted by Gasteiger charge is -1.72. The lowest BCUT2D eigenvalue weighted by Crippen LogP contribution is -1.92. The van der Waals surface area contributed by atoms with Gasteiger partial charge in [0.2, 0.25) is 0 Å². The summed E-state index contributed by atoms with van der Waals surface area (Å²) in [5, 5.41) is 0. The highest BCUT2D eigenvalue weighted by atomic mass is 32.2. The third kappa shape index (κ3) is 0.725. The Balaban J connectivity index is 2.37. The van der Waals surface area contributed by atoms with Crippen molar-refractivity contribution >= 4 is 17.8 Å². The van der Waals surface area contributed by atoms with E-state index in [0.29, 0.717) is 0 Å². The Morgan fingerprint density at radius 1 is 2.00 bits per heavy atom. The molecule has 0 amide bonds. The minimum atomic E-state index is 0.0694. The van der Waals surface area contributed by atoms with Crippen molar-refractivity contribution in [3.63, 3.8) is 0 Å². The summed E-state index contributed by atoms with van der Waals surface area (Å²) >= 11 is 1.11. The van der Waals surface area contributed by atoms with Gasteiger partial charge >= 0.3 is 0 Å². The van der Waals surface area contributed by atoms with Crippen LogP contribution in [0.25, 0.3) is 0 Å². The summed E-state index contributed by atoms with van der Waals surface area (Å²) in [5.41, 5.74) is 0. The lowest BCUT2D eigenvalue weighted by atomic mass is 10.5. The van der Waals surface area contributed by atoms with Gasteiger partial charge < -0.3 is 4.18 Å². The zero-order valence-electron chi connectivity index (χ0n) is 3.01. The maximum Gasteiger partial charge on any atom is 0.176 e. The summed E-state index contributed by atoms with van der Waals surface area (Å²) in [7, 11) is 0. The molecule has 1 aliphatic rings. The molecule has 1 fully saturated rings. The summed E-state index contributed by atoms with van der Waals surface area (Å²) in [6.45, 7) is 0.255. The van der Waals surface area contributed by atoms with Crippen molar-refractivity contribution in [2.45, 2.75) is 0 Å². The highest BCUT2D eigenvalue weighted by Crippen LogP contribution is 2.14. The van der Waals surface area contributed by atoms with E-state index in [9.17, 15) is 4.79 Å². The van der Waals surface area contributed by atoms with Gasteiger partial charge in [-0.2, -0.15) is 0 Å². The molecule has 2 nitrogen and oxygen atoms in total. The first-order valence-electron chi connectivity index (χ1n) is 1.54. The molecule has 0 atom stereocenters. The molecule has 33 valence electrons. The first-order valence-corrected chi connectivity index (χ1v) is 2.34. The summed E-state index contributed by atoms with van der Waals surface area (Å²) in [5.74, 6) is 1.53. The van der Waals surface area contributed by atoms with E-state index in [2.05, 4.69) is 4.18 Å². The van der Waals surface area contributed by atoms with Crippen LogP contribution in [-0.2, 0) is 8.98 Å². The van der Waals surface area contributed by atoms with Crippen LogP contribution < -0.4 is 0 Å². The predicted octanol–water partition coefficient (Wildman–Crippen LogP) is 0.396. The Morgan fingerprint density at radius 2 is 2.83 bits per heavy atom. The Bertz CT molecular complexity index is 63.2. The first kappa shape index (κ1) is 4.15. The zero-order chi connectivity index (χ0) is 4.41. The third-order valence-electron chi connectivity index (χ3n) is 0.449. The van der Waals surface area contributed by atoms with Crippen LogP contribution in [0.3, 0.4) is 0 Å². The second kappa shape index (κ2) is 1.62. The second-order valence-electron chi connectivity index (χ2n) is 0.943. The molecule has 6 heavy (non-hydrogen) atoms. The molecule has 1 rings (SSSR count). The molecule has 0 unspecified atom stereocenters. The van der Waals surface area contributed by atoms with Crippen LogP contribution >= 0.6 is 12.0 Å². The van der Waals surface area contributed by atoms with Gasteiger partial charge in [0, 0.05) is 12.0 Å². The van der Waals surface area contributed by atoms with E-state index < -0.39 is 0 Å². The summed E-state index contributed by atoms with van der Waals surface area (Å²) in [6.07, 6.45) is 0. The van der Waals surface area contributed by atoms with Crippen molar-refractivity contribution in [3.05, 3.63) is 5.75 Å². The van der Waals surface area contributed by atoms with E-state index in [4.69, 9.17) is 0 Å². The van der Waals surface area contributed by atoms with Crippen LogP contribution in [0.1, 0.15) is 0 Å². The minimum Gasteiger partial charge on any atom is -0.307 e. The third-order valence-corrected chi connectivity index (χ3v) is 1.06. The van der Waals surface area contributed by atoms with Crippen molar-refractivity contribution in [1.29, 1.82) is 0 Å². The summed E-state index contributed by atoms with van der Waals surface area (Å²) < 4.78 is 4.57. The van der Waals surface area contributed by atoms with Gasteiger partial charge in [0.15, 0.2) is 5.78 Å². The van der Waals surface area contributed by atoms with Crippen molar-refractivity contribution < 1.29 is 8.98 Å². The van der Waals surface area contributed by atoms with Gasteiger partial charge in [0.05, 0.1) is 0 Å². The molecule has 1 heterocycles. The standard InChI is InChI=1S/C3H3O2S/c4-3-1-5-6-2-3/h2H,1H2. The number of ketones is 1. The van der Waals surface area contributed by atoms with Gasteiger partial charge in [-0.25, -0.2) is 0 Å². The minimum absolute atomic E-state index is 0.0694. The van der Waals surface area contributed by atoms with Gasteiger partial charge in [-0.15, -0.1) is 0 Å². The Kier molecular flexibility index (Phi) is 1.12. The van der Waals surface area contributed by atoms with Gasteiger partial charge in [-0.3, -0.25) is 4.79 Å². The molecule has 0 bridgehead atoms. The number of carbonyl (C=O) groups is 1. The molecule has 0 aromatic heterocycles. The van der Waals surface area contributed by atoms with E-state index in [0.717, 1.165) is 12.0 Å². The number of Topliss-reactive ketones (excluding diaryl/α,β-unsaturated/α-hetero) is 1. The van der Waals surface area contributed by atoms with Crippen molar-refractivity contribution in [3.8, 4) is 0 Å². The molecule has 1 radical (unpaired) electrons. The lowest BCUT2D eigenvalue weighted by molar-refractivity contribution is -0.115. The van der Waals surface area contributed by atoms with E-state index in [1.165, 1.54) is 5.75 Å². The summed E-state index contributed by atoms with van der Waals surface area (Å²) in [4.78, 5) is 10.0. The molecular weight excluding hydrogens is 100 g/mol. The molecule has 0 aromatic carbocycles. The summed E-state index contributed by atoms with van der Waals surface area (Å²) in [6, 6.07) is 0. The second-order valence-corrected chi connectivity index (χ2v) is 1.61. The van der Waals surface area contributed by atoms with E-state index in [1.807, 2.05) is 0 Å². The topological polar surface area (TPSA) is 26.3 Å². The first-order chi connectivity index (χ1) is 2.89. The van der Waals surface area contributed by atoms with E-state index >= 15 is 0 Å². The molecule has 0 N–H and O–H groups in total. The molecule has 1 saturated heterocycles. The molecule has 0 spiro atoms. The quantitative estimate of drug-likeness (QED) is 0.415. The van der Waals surface area contributed by atoms with Crippen LogP contribution in [0, 0.1) is 5.75 Å². The van der Waals surface area contributed by atoms with Crippen LogP contribution in [0.5, 0.6) is 0 Å². The predicted molar refractivity (Wildman–Crippen MR) is 22.8 cm³/mol. The fraction of sp³-hybridized carbons (Fsp3) is 0.333. The molecular formula is C3H3O2S. The van der Waals surface area contributed by atoms with Gasteiger partial charge in [-0.05, 0) is 0 Å². The molecule has 1 aliphatic heterocycles. The molecule has 0 aliphatic carbocycles. The average molecular weight is 103 g/mol. The Labute approximate surface area is 40.1 Å². The van der Waals surface area contributed by atoms with Crippen molar-refractivity contribution in [1.82, 2.24) is 0 Å². The highest BCUT2D eigenvalue weighted by molar-refractivity contribution is 7.98. The Morgan fingerprint density at radius 3 is 3.00 bits per heavy atom. The van der Waals surface area contributed by atoms with Crippen molar-refractivity contribution in [2.24, 2.45) is 0 Å². The smallest absolute Gasteiger partial charge is 0.176 e. The largest absolute Gasteiger partial charge is 0.307 e. The fourth-order valence-corrected chi connectivity index (χ4v) is 0.641. The SMILES string of the molecule is O=C1[CH]SOC1. The number of hydrogen-bond acceptors (Lipinski definition) is 3.